The molecule has 62 heavy (non-hydrogen) atoms. The molecule has 0 amide bonds. The van der Waals surface area contributed by atoms with Crippen molar-refractivity contribution in [2.45, 2.75) is 13.8 Å². The fourth-order valence-electron chi connectivity index (χ4n) is 7.50. The molecule has 0 N–H and O–H groups in total. The van der Waals surface area contributed by atoms with Crippen molar-refractivity contribution in [2.75, 3.05) is 27.4 Å². The van der Waals surface area contributed by atoms with Crippen LogP contribution < -0.4 is 18.9 Å². The summed E-state index contributed by atoms with van der Waals surface area (Å²) in [5.41, 5.74) is 9.65. The normalized spacial score (nSPS) is 10.2. The lowest BCUT2D eigenvalue weighted by Gasteiger charge is -2.19. The number of ether oxygens (including phenoxy) is 4. The summed E-state index contributed by atoms with van der Waals surface area (Å²) in [7, 11) is 3.42. The summed E-state index contributed by atoms with van der Waals surface area (Å²) in [5.74, 6) is 28.2. The highest BCUT2D eigenvalue weighted by molar-refractivity contribution is 6.11. The van der Waals surface area contributed by atoms with Gasteiger partial charge in [-0.2, -0.15) is 0 Å². The Bertz CT molecular complexity index is 2970. The van der Waals surface area contributed by atoms with Crippen molar-refractivity contribution in [1.29, 1.82) is 0 Å². The first kappa shape index (κ1) is 40.5. The summed E-state index contributed by atoms with van der Waals surface area (Å²) in [4.78, 5) is 0. The van der Waals surface area contributed by atoms with Gasteiger partial charge in [0.1, 0.15) is 23.0 Å². The molecule has 8 aromatic carbocycles. The molecule has 0 unspecified atom stereocenters. The van der Waals surface area contributed by atoms with Crippen LogP contribution in [0.4, 0.5) is 0 Å². The van der Waals surface area contributed by atoms with Crippen molar-refractivity contribution < 1.29 is 18.9 Å². The molecule has 0 saturated heterocycles. The van der Waals surface area contributed by atoms with E-state index in [1.54, 1.807) is 14.2 Å². The first-order valence-electron chi connectivity index (χ1n) is 20.5. The maximum atomic E-state index is 6.07. The van der Waals surface area contributed by atoms with Gasteiger partial charge in [-0.05, 0) is 166 Å². The number of hydrogen-bond acceptors (Lipinski definition) is 4. The number of benzene rings is 8. The minimum atomic E-state index is 0.627. The van der Waals surface area contributed by atoms with Gasteiger partial charge >= 0.3 is 0 Å². The van der Waals surface area contributed by atoms with Gasteiger partial charge in [0.05, 0.1) is 27.4 Å². The van der Waals surface area contributed by atoms with Crippen LogP contribution in [0.1, 0.15) is 36.1 Å². The lowest BCUT2D eigenvalue weighted by atomic mass is 9.89. The van der Waals surface area contributed by atoms with E-state index in [0.717, 1.165) is 100 Å². The van der Waals surface area contributed by atoms with E-state index in [4.69, 9.17) is 18.9 Å². The van der Waals surface area contributed by atoms with Crippen LogP contribution in [0.15, 0.2) is 158 Å². The largest absolute Gasteiger partial charge is 0.496 e. The zero-order valence-corrected chi connectivity index (χ0v) is 35.1. The molecule has 0 aliphatic heterocycles. The average Bonchev–Trinajstić information content (AvgIpc) is 3.32. The Kier molecular flexibility index (Phi) is 12.5. The Morgan fingerprint density at radius 3 is 1.21 bits per heavy atom. The molecule has 0 spiro atoms. The van der Waals surface area contributed by atoms with Crippen LogP contribution in [-0.4, -0.2) is 27.4 Å². The lowest BCUT2D eigenvalue weighted by molar-refractivity contribution is 0.340. The van der Waals surface area contributed by atoms with Gasteiger partial charge in [-0.25, -0.2) is 0 Å². The molecule has 4 heteroatoms. The Morgan fingerprint density at radius 1 is 0.403 bits per heavy atom. The molecular formula is C58H42O4. The summed E-state index contributed by atoms with van der Waals surface area (Å²) in [6, 6.07) is 53.1. The van der Waals surface area contributed by atoms with Crippen LogP contribution in [0.2, 0.25) is 0 Å². The second kappa shape index (κ2) is 19.2. The van der Waals surface area contributed by atoms with E-state index >= 15 is 0 Å². The van der Waals surface area contributed by atoms with Crippen molar-refractivity contribution in [3.63, 3.8) is 0 Å². The smallest absolute Gasteiger partial charge is 0.127 e. The fourth-order valence-corrected chi connectivity index (χ4v) is 7.50. The van der Waals surface area contributed by atoms with E-state index < -0.39 is 0 Å². The van der Waals surface area contributed by atoms with Crippen LogP contribution in [-0.2, 0) is 0 Å². The van der Waals surface area contributed by atoms with E-state index in [0.29, 0.717) is 13.2 Å². The minimum Gasteiger partial charge on any atom is -0.496 e. The second-order valence-electron chi connectivity index (χ2n) is 14.2. The average molecular weight is 803 g/mol. The highest BCUT2D eigenvalue weighted by Gasteiger charge is 2.20. The number of hydrogen-bond donors (Lipinski definition) is 0. The van der Waals surface area contributed by atoms with E-state index in [-0.39, 0.29) is 0 Å². The lowest BCUT2D eigenvalue weighted by Crippen LogP contribution is -1.95. The number of methoxy groups -OCH3 is 2. The maximum Gasteiger partial charge on any atom is 0.127 e. The molecule has 0 aliphatic carbocycles. The monoisotopic (exact) mass is 802 g/mol. The standard InChI is InChI=1S/C58H42O4/c1-5-61-49-31-23-41(24-32-49)15-7-9-17-43-19-11-13-21-51(43)45-27-35-53-47(39-45)29-37-55(59-3)57(53)58-54-36-28-46(40-48(54)30-38-56(58)60-4)52-22-14-12-20-44(52)18-10-8-16-42-25-33-50(34-26-42)62-6-2/h11-14,19-40H,5-6H2,1-4H3. The van der Waals surface area contributed by atoms with E-state index in [9.17, 15) is 0 Å². The van der Waals surface area contributed by atoms with Gasteiger partial charge in [0.15, 0.2) is 0 Å². The molecule has 298 valence electrons. The highest BCUT2D eigenvalue weighted by Crippen LogP contribution is 2.46. The highest BCUT2D eigenvalue weighted by atomic mass is 16.5. The maximum absolute atomic E-state index is 6.07. The Labute approximate surface area is 364 Å². The molecule has 8 aromatic rings. The number of rotatable bonds is 9. The predicted molar refractivity (Wildman–Crippen MR) is 254 cm³/mol. The first-order valence-corrected chi connectivity index (χ1v) is 20.5. The zero-order chi connectivity index (χ0) is 42.7. The van der Waals surface area contributed by atoms with Crippen molar-refractivity contribution in [1.82, 2.24) is 0 Å². The van der Waals surface area contributed by atoms with Gasteiger partial charge in [0, 0.05) is 33.4 Å². The SMILES string of the molecule is CCOc1ccc(C#CC#Cc2ccccc2-c2ccc3c(-c4c(OC)ccc5cc(-c6ccccc6C#CC#Cc6ccc(OCC)cc6)ccc45)c(OC)ccc3c2)cc1. The predicted octanol–water partition coefficient (Wildman–Crippen LogP) is 12.6. The minimum absolute atomic E-state index is 0.627. The van der Waals surface area contributed by atoms with Crippen LogP contribution in [0.3, 0.4) is 0 Å². The van der Waals surface area contributed by atoms with E-state index in [1.807, 2.05) is 111 Å². The van der Waals surface area contributed by atoms with Crippen LogP contribution >= 0.6 is 0 Å². The van der Waals surface area contributed by atoms with Crippen molar-refractivity contribution >= 4 is 21.5 Å². The Morgan fingerprint density at radius 2 is 0.806 bits per heavy atom. The van der Waals surface area contributed by atoms with Gasteiger partial charge in [-0.1, -0.05) is 96.5 Å². The van der Waals surface area contributed by atoms with Gasteiger partial charge in [0.25, 0.3) is 0 Å². The molecule has 0 bridgehead atoms. The van der Waals surface area contributed by atoms with E-state index in [2.05, 4.69) is 108 Å². The van der Waals surface area contributed by atoms with Gasteiger partial charge in [0.2, 0.25) is 0 Å². The summed E-state index contributed by atoms with van der Waals surface area (Å²) in [5, 5.41) is 4.20. The topological polar surface area (TPSA) is 36.9 Å². The van der Waals surface area contributed by atoms with Crippen molar-refractivity contribution in [3.05, 3.63) is 180 Å². The molecule has 0 heterocycles. The van der Waals surface area contributed by atoms with Crippen LogP contribution in [0.5, 0.6) is 23.0 Å². The second-order valence-corrected chi connectivity index (χ2v) is 14.2. The van der Waals surface area contributed by atoms with Gasteiger partial charge in [-0.3, -0.25) is 0 Å². The van der Waals surface area contributed by atoms with E-state index in [1.165, 1.54) is 0 Å². The third-order valence-corrected chi connectivity index (χ3v) is 10.4. The van der Waals surface area contributed by atoms with Crippen LogP contribution in [0, 0.1) is 47.4 Å². The first-order chi connectivity index (χ1) is 30.6. The quantitative estimate of drug-likeness (QED) is 0.136. The van der Waals surface area contributed by atoms with Gasteiger partial charge in [-0.15, -0.1) is 0 Å². The summed E-state index contributed by atoms with van der Waals surface area (Å²) >= 11 is 0. The van der Waals surface area contributed by atoms with Crippen molar-refractivity contribution in [2.24, 2.45) is 0 Å². The molecule has 0 saturated carbocycles. The summed E-state index contributed by atoms with van der Waals surface area (Å²) < 4.78 is 23.2. The Hall–Kier alpha value is -8.28. The molecule has 0 aliphatic rings. The van der Waals surface area contributed by atoms with Gasteiger partial charge < -0.3 is 18.9 Å². The third kappa shape index (κ3) is 8.98. The molecule has 0 atom stereocenters. The summed E-state index contributed by atoms with van der Waals surface area (Å²) in [6.07, 6.45) is 0. The van der Waals surface area contributed by atoms with Crippen LogP contribution in [0.25, 0.3) is 54.9 Å². The molecule has 0 fully saturated rings. The fraction of sp³-hybridized carbons (Fsp3) is 0.103. The molecule has 0 radical (unpaired) electrons. The van der Waals surface area contributed by atoms with Crippen molar-refractivity contribution in [3.8, 4) is 104 Å². The summed E-state index contributed by atoms with van der Waals surface area (Å²) in [6.45, 7) is 5.19. The molecular weight excluding hydrogens is 761 g/mol. The molecule has 8 rings (SSSR count). The third-order valence-electron chi connectivity index (χ3n) is 10.4. The Balaban J connectivity index is 1.13. The zero-order valence-electron chi connectivity index (χ0n) is 35.1. The number of fused-ring (bicyclic) bond motifs is 2. The molecule has 0 aromatic heterocycles. The molecule has 4 nitrogen and oxygen atoms in total.